The predicted octanol–water partition coefficient (Wildman–Crippen LogP) is 2.22. The Morgan fingerprint density at radius 2 is 1.92 bits per heavy atom. The molecule has 1 aromatic rings. The van der Waals surface area contributed by atoms with E-state index in [2.05, 4.69) is 9.80 Å². The van der Waals surface area contributed by atoms with E-state index in [9.17, 15) is 9.59 Å². The molecule has 26 heavy (non-hydrogen) atoms. The van der Waals surface area contributed by atoms with Gasteiger partial charge in [-0.25, -0.2) is 0 Å². The molecule has 142 valence electrons. The van der Waals surface area contributed by atoms with Crippen LogP contribution in [0.25, 0.3) is 0 Å². The maximum Gasteiger partial charge on any atom is 0.289 e. The molecule has 6 heteroatoms. The lowest BCUT2D eigenvalue weighted by molar-refractivity contribution is -0.135. The second-order valence-electron chi connectivity index (χ2n) is 7.88. The van der Waals surface area contributed by atoms with Gasteiger partial charge in [-0.1, -0.05) is 6.42 Å². The summed E-state index contributed by atoms with van der Waals surface area (Å²) in [6.07, 6.45) is 8.32. The number of carbonyl (C=O) groups is 2. The van der Waals surface area contributed by atoms with Crippen LogP contribution in [0.5, 0.6) is 0 Å². The van der Waals surface area contributed by atoms with Crippen LogP contribution in [-0.4, -0.2) is 71.8 Å². The lowest BCUT2D eigenvalue weighted by Gasteiger charge is -2.33. The van der Waals surface area contributed by atoms with Gasteiger partial charge in [-0.05, 0) is 57.3 Å². The molecule has 2 aliphatic heterocycles. The Morgan fingerprint density at radius 3 is 2.62 bits per heavy atom. The Morgan fingerprint density at radius 1 is 1.12 bits per heavy atom. The largest absolute Gasteiger partial charge is 0.459 e. The fourth-order valence-electron chi connectivity index (χ4n) is 4.21. The highest BCUT2D eigenvalue weighted by molar-refractivity contribution is 5.91. The van der Waals surface area contributed by atoms with Crippen LogP contribution in [0, 0.1) is 5.92 Å². The molecule has 3 fully saturated rings. The highest BCUT2D eigenvalue weighted by Gasteiger charge is 2.39. The summed E-state index contributed by atoms with van der Waals surface area (Å²) in [7, 11) is 0. The Balaban J connectivity index is 1.37. The molecule has 3 aliphatic rings. The maximum absolute atomic E-state index is 12.9. The van der Waals surface area contributed by atoms with E-state index >= 15 is 0 Å². The molecule has 1 unspecified atom stereocenters. The molecule has 0 bridgehead atoms. The minimum Gasteiger partial charge on any atom is -0.459 e. The molecule has 0 N–H and O–H groups in total. The van der Waals surface area contributed by atoms with Crippen LogP contribution in [-0.2, 0) is 4.79 Å². The zero-order valence-corrected chi connectivity index (χ0v) is 15.4. The van der Waals surface area contributed by atoms with Gasteiger partial charge >= 0.3 is 0 Å². The van der Waals surface area contributed by atoms with Crippen molar-refractivity contribution >= 4 is 11.8 Å². The summed E-state index contributed by atoms with van der Waals surface area (Å²) in [6, 6.07) is 3.59. The molecular formula is C20H29N3O3. The van der Waals surface area contributed by atoms with Crippen LogP contribution in [0.15, 0.2) is 22.8 Å². The van der Waals surface area contributed by atoms with Gasteiger partial charge in [0.2, 0.25) is 5.91 Å². The summed E-state index contributed by atoms with van der Waals surface area (Å²) < 4.78 is 5.25. The van der Waals surface area contributed by atoms with Crippen molar-refractivity contribution in [2.24, 2.45) is 5.92 Å². The molecule has 1 aromatic heterocycles. The molecule has 1 saturated carbocycles. The number of piperidine rings is 1. The number of carbonyl (C=O) groups excluding carboxylic acids is 2. The smallest absolute Gasteiger partial charge is 0.289 e. The summed E-state index contributed by atoms with van der Waals surface area (Å²) in [5, 5.41) is 0. The summed E-state index contributed by atoms with van der Waals surface area (Å²) in [5.74, 6) is 0.858. The predicted molar refractivity (Wildman–Crippen MR) is 97.7 cm³/mol. The fraction of sp³-hybridized carbons (Fsp3) is 0.700. The first kappa shape index (κ1) is 17.6. The van der Waals surface area contributed by atoms with Crippen LogP contribution >= 0.6 is 0 Å². The van der Waals surface area contributed by atoms with Gasteiger partial charge in [0.15, 0.2) is 5.76 Å². The maximum atomic E-state index is 12.9. The summed E-state index contributed by atoms with van der Waals surface area (Å²) in [5.41, 5.74) is 0. The normalized spacial score (nSPS) is 24.0. The van der Waals surface area contributed by atoms with Gasteiger partial charge in [0.25, 0.3) is 5.91 Å². The van der Waals surface area contributed by atoms with Gasteiger partial charge in [0.1, 0.15) is 0 Å². The minimum atomic E-state index is -0.0626. The third-order valence-corrected chi connectivity index (χ3v) is 5.94. The SMILES string of the molecule is O=C(c1ccco1)N1CCC(N(CCN2CCCCC2)C(=O)C2CC2)C1. The van der Waals surface area contributed by atoms with E-state index < -0.39 is 0 Å². The van der Waals surface area contributed by atoms with E-state index in [0.717, 1.165) is 45.4 Å². The Bertz CT molecular complexity index is 620. The van der Waals surface area contributed by atoms with Gasteiger partial charge < -0.3 is 19.1 Å². The molecule has 3 heterocycles. The average Bonchev–Trinajstić information content (AvgIpc) is 3.17. The minimum absolute atomic E-state index is 0.0626. The van der Waals surface area contributed by atoms with Crippen molar-refractivity contribution in [1.82, 2.24) is 14.7 Å². The van der Waals surface area contributed by atoms with Gasteiger partial charge in [-0.3, -0.25) is 9.59 Å². The van der Waals surface area contributed by atoms with Crippen LogP contribution in [0.2, 0.25) is 0 Å². The van der Waals surface area contributed by atoms with Crippen LogP contribution in [0.3, 0.4) is 0 Å². The number of hydrogen-bond acceptors (Lipinski definition) is 4. The molecule has 0 aromatic carbocycles. The molecular weight excluding hydrogens is 330 g/mol. The van der Waals surface area contributed by atoms with Crippen LogP contribution < -0.4 is 0 Å². The monoisotopic (exact) mass is 359 g/mol. The second kappa shape index (κ2) is 7.82. The molecule has 4 rings (SSSR count). The van der Waals surface area contributed by atoms with Crippen LogP contribution in [0.1, 0.15) is 49.1 Å². The first-order chi connectivity index (χ1) is 12.7. The van der Waals surface area contributed by atoms with E-state index in [4.69, 9.17) is 4.42 Å². The van der Waals surface area contributed by atoms with Gasteiger partial charge in [-0.15, -0.1) is 0 Å². The van der Waals surface area contributed by atoms with Crippen LogP contribution in [0.4, 0.5) is 0 Å². The Labute approximate surface area is 155 Å². The summed E-state index contributed by atoms with van der Waals surface area (Å²) in [4.78, 5) is 31.8. The van der Waals surface area contributed by atoms with Crippen molar-refractivity contribution in [3.8, 4) is 0 Å². The number of hydrogen-bond donors (Lipinski definition) is 0. The van der Waals surface area contributed by atoms with E-state index in [-0.39, 0.29) is 17.9 Å². The zero-order chi connectivity index (χ0) is 17.9. The first-order valence-electron chi connectivity index (χ1n) is 10.1. The summed E-state index contributed by atoms with van der Waals surface area (Å²) >= 11 is 0. The van der Waals surface area contributed by atoms with Gasteiger partial charge in [-0.2, -0.15) is 0 Å². The zero-order valence-electron chi connectivity index (χ0n) is 15.4. The quantitative estimate of drug-likeness (QED) is 0.781. The Kier molecular flexibility index (Phi) is 5.29. The lowest BCUT2D eigenvalue weighted by atomic mass is 10.1. The molecule has 6 nitrogen and oxygen atoms in total. The van der Waals surface area contributed by atoms with Crippen molar-refractivity contribution < 1.29 is 14.0 Å². The average molecular weight is 359 g/mol. The molecule has 1 aliphatic carbocycles. The highest BCUT2D eigenvalue weighted by Crippen LogP contribution is 2.33. The molecule has 2 saturated heterocycles. The van der Waals surface area contributed by atoms with E-state index in [1.165, 1.54) is 25.5 Å². The third-order valence-electron chi connectivity index (χ3n) is 5.94. The number of amides is 2. The van der Waals surface area contributed by atoms with Crippen molar-refractivity contribution in [1.29, 1.82) is 0 Å². The van der Waals surface area contributed by atoms with E-state index in [1.807, 2.05) is 4.90 Å². The van der Waals surface area contributed by atoms with Crippen molar-refractivity contribution in [3.63, 3.8) is 0 Å². The van der Waals surface area contributed by atoms with E-state index in [1.54, 1.807) is 12.1 Å². The number of rotatable bonds is 6. The molecule has 2 amide bonds. The highest BCUT2D eigenvalue weighted by atomic mass is 16.3. The third kappa shape index (κ3) is 3.95. The number of furan rings is 1. The van der Waals surface area contributed by atoms with Crippen molar-refractivity contribution in [3.05, 3.63) is 24.2 Å². The topological polar surface area (TPSA) is 57.0 Å². The standard InChI is InChI=1S/C20H29N3O3/c24-19(16-6-7-16)23(13-12-21-9-2-1-3-10-21)17-8-11-22(15-17)20(25)18-5-4-14-26-18/h4-5,14,16-17H,1-3,6-13,15H2. The molecule has 0 spiro atoms. The fourth-order valence-corrected chi connectivity index (χ4v) is 4.21. The number of likely N-dealkylation sites (tertiary alicyclic amines) is 2. The first-order valence-corrected chi connectivity index (χ1v) is 10.1. The van der Waals surface area contributed by atoms with Crippen molar-refractivity contribution in [2.75, 3.05) is 39.3 Å². The van der Waals surface area contributed by atoms with Gasteiger partial charge in [0.05, 0.1) is 12.3 Å². The van der Waals surface area contributed by atoms with Crippen molar-refractivity contribution in [2.45, 2.75) is 44.6 Å². The molecule has 1 atom stereocenters. The lowest BCUT2D eigenvalue weighted by Crippen LogP contribution is -2.47. The van der Waals surface area contributed by atoms with E-state index in [0.29, 0.717) is 24.8 Å². The van der Waals surface area contributed by atoms with Gasteiger partial charge in [0, 0.05) is 32.1 Å². The summed E-state index contributed by atoms with van der Waals surface area (Å²) in [6.45, 7) is 5.38. The number of nitrogens with zero attached hydrogens (tertiary/aromatic N) is 3. The Hall–Kier alpha value is -1.82. The molecule has 0 radical (unpaired) electrons. The second-order valence-corrected chi connectivity index (χ2v) is 7.88.